The summed E-state index contributed by atoms with van der Waals surface area (Å²) in [6.45, 7) is -1.40. The summed E-state index contributed by atoms with van der Waals surface area (Å²) in [5.41, 5.74) is -5.58. The summed E-state index contributed by atoms with van der Waals surface area (Å²) in [7, 11) is -3.11. The zero-order chi connectivity index (χ0) is 29.2. The van der Waals surface area contributed by atoms with Crippen molar-refractivity contribution >= 4 is 45.2 Å². The number of ether oxygens (including phenoxy) is 2. The minimum Gasteiger partial charge on any atom is -0.496 e. The standard InChI is InChI=1S/C23H21ClF4N2O8S/c1-37-18-5-3-14(24)11-16(18)22(25)15-4-2-13(23(26,27)28)10-17(15)30(21(22)33)12-38-20(32)7-6-19(31)29-8-9-39(34,35)36/h2-5,10-11H,6-9,12H2,1H3,(H,29,31)(H,34,35,36). The molecule has 1 heterocycles. The maximum Gasteiger partial charge on any atom is 0.416 e. The number of alkyl halides is 4. The van der Waals surface area contributed by atoms with Gasteiger partial charge in [-0.25, -0.2) is 4.39 Å². The number of amides is 2. The highest BCUT2D eigenvalue weighted by Crippen LogP contribution is 2.51. The van der Waals surface area contributed by atoms with Gasteiger partial charge in [-0.05, 0) is 30.3 Å². The summed E-state index contributed by atoms with van der Waals surface area (Å²) in [6.07, 6.45) is -5.86. The Bertz CT molecular complexity index is 1400. The maximum atomic E-state index is 16.7. The van der Waals surface area contributed by atoms with Crippen molar-refractivity contribution < 1.29 is 54.4 Å². The van der Waals surface area contributed by atoms with E-state index in [9.17, 15) is 36.0 Å². The number of halogens is 5. The second kappa shape index (κ2) is 11.4. The van der Waals surface area contributed by atoms with Crippen molar-refractivity contribution in [1.29, 1.82) is 0 Å². The molecule has 2 amide bonds. The van der Waals surface area contributed by atoms with E-state index in [0.717, 1.165) is 12.1 Å². The van der Waals surface area contributed by atoms with Gasteiger partial charge in [0.1, 0.15) is 5.75 Å². The Morgan fingerprint density at radius 2 is 1.82 bits per heavy atom. The predicted octanol–water partition coefficient (Wildman–Crippen LogP) is 3.21. The molecule has 1 atom stereocenters. The van der Waals surface area contributed by atoms with E-state index in [1.54, 1.807) is 0 Å². The van der Waals surface area contributed by atoms with Gasteiger partial charge in [0.25, 0.3) is 16.0 Å². The molecule has 16 heteroatoms. The van der Waals surface area contributed by atoms with E-state index in [-0.39, 0.29) is 16.3 Å². The number of benzene rings is 2. The second-order valence-corrected chi connectivity index (χ2v) is 10.3. The fourth-order valence-electron chi connectivity index (χ4n) is 3.80. The van der Waals surface area contributed by atoms with Crippen LogP contribution in [0.2, 0.25) is 5.02 Å². The molecule has 10 nitrogen and oxygen atoms in total. The van der Waals surface area contributed by atoms with Crippen LogP contribution in [0.3, 0.4) is 0 Å². The molecule has 2 N–H and O–H groups in total. The van der Waals surface area contributed by atoms with E-state index < -0.39 is 88.4 Å². The molecule has 0 fully saturated rings. The summed E-state index contributed by atoms with van der Waals surface area (Å²) in [4.78, 5) is 37.8. The Labute approximate surface area is 224 Å². The van der Waals surface area contributed by atoms with Crippen LogP contribution in [0.4, 0.5) is 23.2 Å². The van der Waals surface area contributed by atoms with Gasteiger partial charge >= 0.3 is 12.1 Å². The van der Waals surface area contributed by atoms with E-state index in [4.69, 9.17) is 25.6 Å². The summed E-state index contributed by atoms with van der Waals surface area (Å²) in [6, 6.07) is 5.68. The van der Waals surface area contributed by atoms with Crippen LogP contribution in [0.15, 0.2) is 36.4 Å². The van der Waals surface area contributed by atoms with Crippen molar-refractivity contribution in [1.82, 2.24) is 5.32 Å². The second-order valence-electron chi connectivity index (χ2n) is 8.25. The Morgan fingerprint density at radius 1 is 1.13 bits per heavy atom. The lowest BCUT2D eigenvalue weighted by Gasteiger charge is -2.23. The van der Waals surface area contributed by atoms with Crippen molar-refractivity contribution in [3.05, 3.63) is 58.1 Å². The smallest absolute Gasteiger partial charge is 0.416 e. The van der Waals surface area contributed by atoms with Crippen molar-refractivity contribution in [3.63, 3.8) is 0 Å². The van der Waals surface area contributed by atoms with Gasteiger partial charge < -0.3 is 14.8 Å². The quantitative estimate of drug-likeness (QED) is 0.242. The van der Waals surface area contributed by atoms with Crippen LogP contribution in [-0.2, 0) is 41.1 Å². The van der Waals surface area contributed by atoms with Crippen molar-refractivity contribution in [2.45, 2.75) is 24.7 Å². The third-order valence-electron chi connectivity index (χ3n) is 5.65. The van der Waals surface area contributed by atoms with Gasteiger partial charge in [-0.1, -0.05) is 17.7 Å². The summed E-state index contributed by atoms with van der Waals surface area (Å²) in [5.74, 6) is -4.04. The molecule has 3 rings (SSSR count). The average Bonchev–Trinajstić information content (AvgIpc) is 3.06. The van der Waals surface area contributed by atoms with Crippen LogP contribution in [0, 0.1) is 0 Å². The van der Waals surface area contributed by atoms with Crippen molar-refractivity contribution in [2.75, 3.05) is 31.0 Å². The third kappa shape index (κ3) is 6.78. The first kappa shape index (κ1) is 30.1. The number of carbonyl (C=O) groups excluding carboxylic acids is 3. The van der Waals surface area contributed by atoms with E-state index in [0.29, 0.717) is 17.0 Å². The van der Waals surface area contributed by atoms with Crippen LogP contribution >= 0.6 is 11.6 Å². The molecule has 0 spiro atoms. The van der Waals surface area contributed by atoms with E-state index in [2.05, 4.69) is 5.32 Å². The molecule has 1 aliphatic rings. The average molecular weight is 597 g/mol. The highest BCUT2D eigenvalue weighted by molar-refractivity contribution is 7.85. The molecule has 2 aromatic carbocycles. The molecular weight excluding hydrogens is 576 g/mol. The van der Waals surface area contributed by atoms with Crippen LogP contribution < -0.4 is 15.0 Å². The number of carbonyl (C=O) groups is 3. The maximum absolute atomic E-state index is 16.7. The lowest BCUT2D eigenvalue weighted by Crippen LogP contribution is -2.40. The van der Waals surface area contributed by atoms with Crippen molar-refractivity contribution in [2.24, 2.45) is 0 Å². The van der Waals surface area contributed by atoms with Gasteiger partial charge in [-0.2, -0.15) is 21.6 Å². The molecule has 1 unspecified atom stereocenters. The number of hydrogen-bond donors (Lipinski definition) is 2. The molecule has 1 aliphatic heterocycles. The number of esters is 1. The zero-order valence-corrected chi connectivity index (χ0v) is 21.6. The summed E-state index contributed by atoms with van der Waals surface area (Å²) < 4.78 is 96.9. The molecule has 0 aliphatic carbocycles. The van der Waals surface area contributed by atoms with Crippen LogP contribution in [0.1, 0.15) is 29.5 Å². The number of methoxy groups -OCH3 is 1. The third-order valence-corrected chi connectivity index (χ3v) is 6.61. The van der Waals surface area contributed by atoms with E-state index >= 15 is 4.39 Å². The molecule has 2 aromatic rings. The number of fused-ring (bicyclic) bond motifs is 1. The van der Waals surface area contributed by atoms with Crippen LogP contribution in [0.25, 0.3) is 0 Å². The molecule has 212 valence electrons. The topological polar surface area (TPSA) is 139 Å². The first-order valence-electron chi connectivity index (χ1n) is 11.0. The molecule has 39 heavy (non-hydrogen) atoms. The molecule has 0 aromatic heterocycles. The molecular formula is C23H21ClF4N2O8S. The SMILES string of the molecule is COc1ccc(Cl)cc1C1(F)C(=O)N(COC(=O)CCC(=O)NCCS(=O)(=O)O)c2cc(C(F)(F)F)ccc21. The fourth-order valence-corrected chi connectivity index (χ4v) is 4.34. The van der Waals surface area contributed by atoms with Gasteiger partial charge in [-0.3, -0.25) is 23.8 Å². The van der Waals surface area contributed by atoms with E-state index in [1.165, 1.54) is 19.2 Å². The first-order valence-corrected chi connectivity index (χ1v) is 13.0. The van der Waals surface area contributed by atoms with Crippen LogP contribution in [0.5, 0.6) is 5.75 Å². The lowest BCUT2D eigenvalue weighted by atomic mass is 9.88. The largest absolute Gasteiger partial charge is 0.496 e. The van der Waals surface area contributed by atoms with Gasteiger partial charge in [-0.15, -0.1) is 0 Å². The Kier molecular flexibility index (Phi) is 8.77. The van der Waals surface area contributed by atoms with Crippen LogP contribution in [-0.4, -0.2) is 56.9 Å². The molecule has 0 saturated heterocycles. The number of anilines is 1. The number of nitrogens with zero attached hydrogens (tertiary/aromatic N) is 1. The Hall–Kier alpha value is -3.43. The summed E-state index contributed by atoms with van der Waals surface area (Å²) >= 11 is 5.99. The number of nitrogens with one attached hydrogen (secondary N) is 1. The zero-order valence-electron chi connectivity index (χ0n) is 20.0. The number of rotatable bonds is 10. The highest BCUT2D eigenvalue weighted by Gasteiger charge is 2.55. The first-order chi connectivity index (χ1) is 18.1. The minimum atomic E-state index is -4.83. The fraction of sp³-hybridized carbons (Fsp3) is 0.348. The monoisotopic (exact) mass is 596 g/mol. The predicted molar refractivity (Wildman–Crippen MR) is 128 cm³/mol. The van der Waals surface area contributed by atoms with Crippen molar-refractivity contribution in [3.8, 4) is 5.75 Å². The Balaban J connectivity index is 1.84. The normalized spacial score (nSPS) is 17.1. The van der Waals surface area contributed by atoms with Gasteiger partial charge in [0.05, 0.1) is 30.5 Å². The molecule has 0 radical (unpaired) electrons. The summed E-state index contributed by atoms with van der Waals surface area (Å²) in [5, 5.41) is 2.16. The van der Waals surface area contributed by atoms with Gasteiger partial charge in [0.15, 0.2) is 6.73 Å². The lowest BCUT2D eigenvalue weighted by molar-refractivity contribution is -0.146. The van der Waals surface area contributed by atoms with E-state index in [1.807, 2.05) is 0 Å². The highest BCUT2D eigenvalue weighted by atomic mass is 35.5. The molecule has 0 bridgehead atoms. The molecule has 0 saturated carbocycles. The van der Waals surface area contributed by atoms with Gasteiger partial charge in [0.2, 0.25) is 11.6 Å². The minimum absolute atomic E-state index is 0.0174. The number of hydrogen-bond acceptors (Lipinski definition) is 7. The van der Waals surface area contributed by atoms with Gasteiger partial charge in [0, 0.05) is 29.1 Å². The Morgan fingerprint density at radius 3 is 2.44 bits per heavy atom.